The van der Waals surface area contributed by atoms with Crippen molar-refractivity contribution in [1.29, 1.82) is 0 Å². The van der Waals surface area contributed by atoms with Gasteiger partial charge in [-0.25, -0.2) is 4.39 Å². The van der Waals surface area contributed by atoms with E-state index in [0.717, 1.165) is 25.2 Å². The Morgan fingerprint density at radius 3 is 2.89 bits per heavy atom. The number of rotatable bonds is 7. The predicted octanol–water partition coefficient (Wildman–Crippen LogP) is 2.36. The lowest BCUT2D eigenvalue weighted by atomic mass is 10.2. The van der Waals surface area contributed by atoms with Crippen LogP contribution >= 0.6 is 0 Å². The van der Waals surface area contributed by atoms with Crippen LogP contribution in [0.1, 0.15) is 13.8 Å². The molecule has 100 valence electrons. The van der Waals surface area contributed by atoms with Gasteiger partial charge in [-0.05, 0) is 18.7 Å². The number of ether oxygens (including phenoxy) is 1. The molecule has 6 heteroatoms. The maximum Gasteiger partial charge on any atom is 0.313 e. The quantitative estimate of drug-likeness (QED) is 0.601. The van der Waals surface area contributed by atoms with E-state index < -0.39 is 10.7 Å². The first-order valence-electron chi connectivity index (χ1n) is 5.82. The first-order chi connectivity index (χ1) is 8.54. The fraction of sp³-hybridized carbons (Fsp3) is 0.500. The molecule has 1 N–H and O–H groups in total. The summed E-state index contributed by atoms with van der Waals surface area (Å²) in [6.07, 6.45) is 0. The van der Waals surface area contributed by atoms with Crippen LogP contribution in [0.5, 0.6) is 5.75 Å². The van der Waals surface area contributed by atoms with Crippen LogP contribution in [-0.4, -0.2) is 24.6 Å². The Morgan fingerprint density at radius 2 is 2.28 bits per heavy atom. The Bertz CT molecular complexity index is 412. The van der Waals surface area contributed by atoms with Crippen molar-refractivity contribution in [2.75, 3.05) is 19.7 Å². The summed E-state index contributed by atoms with van der Waals surface area (Å²) in [4.78, 5) is 10.1. The summed E-state index contributed by atoms with van der Waals surface area (Å²) in [5, 5.41) is 13.9. The standard InChI is InChI=1S/C12H17FN2O3/c1-3-14-7-9(2)8-18-12-5-4-10(13)6-11(12)15(16)17/h4-6,9,14H,3,7-8H2,1-2H3. The highest BCUT2D eigenvalue weighted by Crippen LogP contribution is 2.27. The summed E-state index contributed by atoms with van der Waals surface area (Å²) in [7, 11) is 0. The van der Waals surface area contributed by atoms with Gasteiger partial charge in [0.2, 0.25) is 0 Å². The first kappa shape index (κ1) is 14.4. The largest absolute Gasteiger partial charge is 0.486 e. The highest BCUT2D eigenvalue weighted by molar-refractivity contribution is 5.46. The lowest BCUT2D eigenvalue weighted by molar-refractivity contribution is -0.386. The van der Waals surface area contributed by atoms with E-state index in [1.54, 1.807) is 0 Å². The Balaban J connectivity index is 2.64. The highest BCUT2D eigenvalue weighted by Gasteiger charge is 2.16. The van der Waals surface area contributed by atoms with Gasteiger partial charge >= 0.3 is 5.69 Å². The van der Waals surface area contributed by atoms with Crippen LogP contribution in [0.3, 0.4) is 0 Å². The summed E-state index contributed by atoms with van der Waals surface area (Å²) in [5.41, 5.74) is -0.342. The zero-order chi connectivity index (χ0) is 13.5. The van der Waals surface area contributed by atoms with Crippen LogP contribution in [-0.2, 0) is 0 Å². The third kappa shape index (κ3) is 4.29. The van der Waals surface area contributed by atoms with Crippen LogP contribution < -0.4 is 10.1 Å². The number of nitro groups is 1. The van der Waals surface area contributed by atoms with Gasteiger partial charge in [0.05, 0.1) is 17.6 Å². The van der Waals surface area contributed by atoms with Gasteiger partial charge in [-0.3, -0.25) is 10.1 Å². The highest BCUT2D eigenvalue weighted by atomic mass is 19.1. The number of hydrogen-bond donors (Lipinski definition) is 1. The molecule has 0 radical (unpaired) electrons. The minimum Gasteiger partial charge on any atom is -0.486 e. The van der Waals surface area contributed by atoms with Crippen LogP contribution in [0, 0.1) is 21.8 Å². The Hall–Kier alpha value is -1.69. The third-order valence-electron chi connectivity index (χ3n) is 2.38. The topological polar surface area (TPSA) is 64.4 Å². The number of nitro benzene ring substituents is 1. The van der Waals surface area contributed by atoms with E-state index in [0.29, 0.717) is 6.61 Å². The van der Waals surface area contributed by atoms with E-state index in [1.807, 2.05) is 13.8 Å². The number of halogens is 1. The number of nitrogens with one attached hydrogen (secondary N) is 1. The number of nitrogens with zero attached hydrogens (tertiary/aromatic N) is 1. The second kappa shape index (κ2) is 6.90. The Morgan fingerprint density at radius 1 is 1.56 bits per heavy atom. The minimum absolute atomic E-state index is 0.102. The molecular weight excluding hydrogens is 239 g/mol. The molecule has 1 atom stereocenters. The van der Waals surface area contributed by atoms with Gasteiger partial charge in [0.25, 0.3) is 0 Å². The average molecular weight is 256 g/mol. The van der Waals surface area contributed by atoms with Crippen molar-refractivity contribution in [3.8, 4) is 5.75 Å². The van der Waals surface area contributed by atoms with Crippen molar-refractivity contribution in [3.63, 3.8) is 0 Å². The van der Waals surface area contributed by atoms with E-state index in [9.17, 15) is 14.5 Å². The third-order valence-corrected chi connectivity index (χ3v) is 2.38. The molecule has 0 saturated carbocycles. The molecule has 0 bridgehead atoms. The molecular formula is C12H17FN2O3. The summed E-state index contributed by atoms with van der Waals surface area (Å²) >= 11 is 0. The number of benzene rings is 1. The summed E-state index contributed by atoms with van der Waals surface area (Å²) in [6.45, 7) is 5.95. The maximum absolute atomic E-state index is 12.9. The first-order valence-corrected chi connectivity index (χ1v) is 5.82. The molecule has 5 nitrogen and oxygen atoms in total. The fourth-order valence-corrected chi connectivity index (χ4v) is 1.44. The Labute approximate surface area is 105 Å². The minimum atomic E-state index is -0.645. The molecule has 0 aliphatic carbocycles. The van der Waals surface area contributed by atoms with Gasteiger partial charge in [-0.15, -0.1) is 0 Å². The molecule has 0 fully saturated rings. The molecule has 0 aliphatic rings. The molecule has 1 rings (SSSR count). The zero-order valence-corrected chi connectivity index (χ0v) is 10.5. The lowest BCUT2D eigenvalue weighted by Crippen LogP contribution is -2.24. The summed E-state index contributed by atoms with van der Waals surface area (Å²) < 4.78 is 18.3. The van der Waals surface area contributed by atoms with Crippen LogP contribution in [0.2, 0.25) is 0 Å². The second-order valence-electron chi connectivity index (χ2n) is 4.09. The molecule has 0 aliphatic heterocycles. The van der Waals surface area contributed by atoms with E-state index in [-0.39, 0.29) is 17.4 Å². The van der Waals surface area contributed by atoms with Crippen LogP contribution in [0.25, 0.3) is 0 Å². The monoisotopic (exact) mass is 256 g/mol. The SMILES string of the molecule is CCNCC(C)COc1ccc(F)cc1[N+](=O)[O-]. The number of hydrogen-bond acceptors (Lipinski definition) is 4. The van der Waals surface area contributed by atoms with E-state index >= 15 is 0 Å². The lowest BCUT2D eigenvalue weighted by Gasteiger charge is -2.13. The normalized spacial score (nSPS) is 12.2. The van der Waals surface area contributed by atoms with Gasteiger partial charge in [0, 0.05) is 12.5 Å². The van der Waals surface area contributed by atoms with E-state index in [4.69, 9.17) is 4.74 Å². The molecule has 0 amide bonds. The van der Waals surface area contributed by atoms with Crippen LogP contribution in [0.15, 0.2) is 18.2 Å². The van der Waals surface area contributed by atoms with Gasteiger partial charge in [0.1, 0.15) is 5.82 Å². The predicted molar refractivity (Wildman–Crippen MR) is 66.3 cm³/mol. The molecule has 0 heterocycles. The van der Waals surface area contributed by atoms with Crippen molar-refractivity contribution in [2.45, 2.75) is 13.8 Å². The zero-order valence-electron chi connectivity index (χ0n) is 10.5. The smallest absolute Gasteiger partial charge is 0.313 e. The molecule has 0 spiro atoms. The van der Waals surface area contributed by atoms with Gasteiger partial charge < -0.3 is 10.1 Å². The van der Waals surface area contributed by atoms with Gasteiger partial charge in [-0.2, -0.15) is 0 Å². The fourth-order valence-electron chi connectivity index (χ4n) is 1.44. The maximum atomic E-state index is 12.9. The Kier molecular flexibility index (Phi) is 5.51. The molecule has 18 heavy (non-hydrogen) atoms. The van der Waals surface area contributed by atoms with Crippen LogP contribution in [0.4, 0.5) is 10.1 Å². The van der Waals surface area contributed by atoms with Crippen molar-refractivity contribution in [2.24, 2.45) is 5.92 Å². The molecule has 0 aromatic heterocycles. The second-order valence-corrected chi connectivity index (χ2v) is 4.09. The van der Waals surface area contributed by atoms with Crippen molar-refractivity contribution < 1.29 is 14.1 Å². The molecule has 0 saturated heterocycles. The van der Waals surface area contributed by atoms with E-state index in [1.165, 1.54) is 6.07 Å². The molecule has 1 unspecified atom stereocenters. The van der Waals surface area contributed by atoms with Crippen molar-refractivity contribution in [3.05, 3.63) is 34.1 Å². The van der Waals surface area contributed by atoms with E-state index in [2.05, 4.69) is 5.32 Å². The van der Waals surface area contributed by atoms with Gasteiger partial charge in [0.15, 0.2) is 5.75 Å². The summed E-state index contributed by atoms with van der Waals surface area (Å²) in [6, 6.07) is 3.30. The van der Waals surface area contributed by atoms with Crippen molar-refractivity contribution >= 4 is 5.69 Å². The summed E-state index contributed by atoms with van der Waals surface area (Å²) in [5.74, 6) is -0.325. The average Bonchev–Trinajstić information content (AvgIpc) is 2.34. The van der Waals surface area contributed by atoms with Gasteiger partial charge in [-0.1, -0.05) is 13.8 Å². The molecule has 1 aromatic carbocycles. The molecule has 1 aromatic rings. The van der Waals surface area contributed by atoms with Crippen molar-refractivity contribution in [1.82, 2.24) is 5.32 Å².